The first kappa shape index (κ1) is 23.3. The number of methoxy groups -OCH3 is 1. The summed E-state index contributed by atoms with van der Waals surface area (Å²) in [6.45, 7) is 1.56. The highest BCUT2D eigenvalue weighted by molar-refractivity contribution is 7.22. The summed E-state index contributed by atoms with van der Waals surface area (Å²) in [7, 11) is 1.59. The number of amides is 2. The van der Waals surface area contributed by atoms with Crippen LogP contribution < -0.4 is 25.8 Å². The summed E-state index contributed by atoms with van der Waals surface area (Å²) < 4.78 is 6.91. The van der Waals surface area contributed by atoms with Crippen LogP contribution in [0, 0.1) is 5.92 Å². The lowest BCUT2D eigenvalue weighted by Crippen LogP contribution is -2.43. The van der Waals surface area contributed by atoms with E-state index in [4.69, 9.17) is 4.74 Å². The number of ether oxygens (including phenoxy) is 1. The zero-order valence-electron chi connectivity index (χ0n) is 19.5. The van der Waals surface area contributed by atoms with Gasteiger partial charge in [0.2, 0.25) is 11.8 Å². The number of fused-ring (bicyclic) bond motifs is 1. The Labute approximate surface area is 206 Å². The summed E-state index contributed by atoms with van der Waals surface area (Å²) in [4.78, 5) is 48.9. The maximum Gasteiger partial charge on any atom is 0.273 e. The van der Waals surface area contributed by atoms with E-state index >= 15 is 0 Å². The van der Waals surface area contributed by atoms with Crippen molar-refractivity contribution in [1.29, 1.82) is 0 Å². The van der Waals surface area contributed by atoms with Gasteiger partial charge in [-0.1, -0.05) is 23.5 Å². The molecule has 2 N–H and O–H groups in total. The standard InChI is InChI=1S/C24H28N6O4S/c1-34-18-6-2-4-15(10-18)11-25-19(31)13-30-14-26-21-20(23(30)33)35-24(28-21)29-9-3-5-16(12-29)22(32)27-17-7-8-17/h2,4,6,10,14,16-17H,3,5,7-9,11-13H2,1H3,(H,25,31)(H,27,32)/t16-/m0/s1. The molecule has 0 spiro atoms. The minimum Gasteiger partial charge on any atom is -0.497 e. The first-order valence-electron chi connectivity index (χ1n) is 11.8. The molecule has 2 amide bonds. The van der Waals surface area contributed by atoms with Crippen LogP contribution in [0.3, 0.4) is 0 Å². The van der Waals surface area contributed by atoms with Gasteiger partial charge in [0.15, 0.2) is 10.8 Å². The maximum absolute atomic E-state index is 13.0. The van der Waals surface area contributed by atoms with Crippen LogP contribution in [0.1, 0.15) is 31.2 Å². The molecule has 1 saturated carbocycles. The lowest BCUT2D eigenvalue weighted by atomic mass is 9.97. The first-order valence-corrected chi connectivity index (χ1v) is 12.6. The summed E-state index contributed by atoms with van der Waals surface area (Å²) in [5.41, 5.74) is 0.972. The number of piperidine rings is 1. The highest BCUT2D eigenvalue weighted by atomic mass is 32.1. The molecule has 0 bridgehead atoms. The van der Waals surface area contributed by atoms with Gasteiger partial charge in [0.05, 0.1) is 13.0 Å². The van der Waals surface area contributed by atoms with E-state index < -0.39 is 0 Å². The molecule has 2 fully saturated rings. The van der Waals surface area contributed by atoms with Gasteiger partial charge in [-0.25, -0.2) is 4.98 Å². The third kappa shape index (κ3) is 5.45. The normalized spacial score (nSPS) is 17.9. The number of anilines is 1. The highest BCUT2D eigenvalue weighted by Gasteiger charge is 2.31. The lowest BCUT2D eigenvalue weighted by Gasteiger charge is -2.31. The van der Waals surface area contributed by atoms with Gasteiger partial charge in [-0.3, -0.25) is 19.0 Å². The van der Waals surface area contributed by atoms with E-state index in [1.165, 1.54) is 22.2 Å². The Morgan fingerprint density at radius 3 is 2.91 bits per heavy atom. The summed E-state index contributed by atoms with van der Waals surface area (Å²) in [6, 6.07) is 7.77. The van der Waals surface area contributed by atoms with E-state index in [2.05, 4.69) is 25.5 Å². The van der Waals surface area contributed by atoms with Crippen molar-refractivity contribution in [1.82, 2.24) is 25.2 Å². The van der Waals surface area contributed by atoms with Crippen molar-refractivity contribution < 1.29 is 14.3 Å². The predicted molar refractivity (Wildman–Crippen MR) is 133 cm³/mol. The third-order valence-corrected chi connectivity index (χ3v) is 7.39. The SMILES string of the molecule is COc1cccc(CNC(=O)Cn2cnc3nc(N4CCC[C@H](C(=O)NC5CC5)C4)sc3c2=O)c1. The van der Waals surface area contributed by atoms with Gasteiger partial charge < -0.3 is 20.3 Å². The number of aromatic nitrogens is 3. The number of hydrogen-bond donors (Lipinski definition) is 2. The lowest BCUT2D eigenvalue weighted by molar-refractivity contribution is -0.125. The molecular formula is C24H28N6O4S. The molecule has 1 saturated heterocycles. The zero-order chi connectivity index (χ0) is 24.4. The molecule has 1 aliphatic carbocycles. The molecule has 0 radical (unpaired) electrons. The Kier molecular flexibility index (Phi) is 6.67. The van der Waals surface area contributed by atoms with Crippen LogP contribution >= 0.6 is 11.3 Å². The summed E-state index contributed by atoms with van der Waals surface area (Å²) in [5.74, 6) is 0.460. The van der Waals surface area contributed by atoms with Crippen molar-refractivity contribution in [3.63, 3.8) is 0 Å². The maximum atomic E-state index is 13.0. The summed E-state index contributed by atoms with van der Waals surface area (Å²) >= 11 is 1.27. The largest absolute Gasteiger partial charge is 0.497 e. The number of nitrogens with one attached hydrogen (secondary N) is 2. The Hall–Kier alpha value is -3.47. The van der Waals surface area contributed by atoms with Crippen LogP contribution in [0.25, 0.3) is 10.3 Å². The number of nitrogens with zero attached hydrogens (tertiary/aromatic N) is 4. The van der Waals surface area contributed by atoms with E-state index in [0.717, 1.165) is 37.8 Å². The van der Waals surface area contributed by atoms with Crippen LogP contribution in [-0.4, -0.2) is 52.6 Å². The molecule has 2 aliphatic rings. The van der Waals surface area contributed by atoms with Crippen LogP contribution in [0.4, 0.5) is 5.13 Å². The number of thiazole rings is 1. The molecule has 5 rings (SSSR count). The number of hydrogen-bond acceptors (Lipinski definition) is 8. The van der Waals surface area contributed by atoms with Crippen molar-refractivity contribution in [2.75, 3.05) is 25.1 Å². The number of benzene rings is 1. The molecule has 2 aromatic heterocycles. The Bertz CT molecular complexity index is 1300. The molecule has 1 atom stereocenters. The predicted octanol–water partition coefficient (Wildman–Crippen LogP) is 1.67. The molecule has 3 aromatic rings. The monoisotopic (exact) mass is 496 g/mol. The second kappa shape index (κ2) is 10.0. The average Bonchev–Trinajstić information content (AvgIpc) is 3.58. The number of carbonyl (C=O) groups excluding carboxylic acids is 2. The van der Waals surface area contributed by atoms with Crippen LogP contribution in [0.15, 0.2) is 35.4 Å². The quantitative estimate of drug-likeness (QED) is 0.487. The van der Waals surface area contributed by atoms with Crippen molar-refractivity contribution in [3.05, 3.63) is 46.5 Å². The van der Waals surface area contributed by atoms with E-state index in [1.54, 1.807) is 7.11 Å². The molecule has 11 heteroatoms. The molecule has 1 aromatic carbocycles. The average molecular weight is 497 g/mol. The molecule has 10 nitrogen and oxygen atoms in total. The van der Waals surface area contributed by atoms with Gasteiger partial charge in [0, 0.05) is 25.7 Å². The van der Waals surface area contributed by atoms with Crippen molar-refractivity contribution in [2.45, 2.75) is 44.8 Å². The fraction of sp³-hybridized carbons (Fsp3) is 0.458. The van der Waals surface area contributed by atoms with Crippen molar-refractivity contribution >= 4 is 38.6 Å². The van der Waals surface area contributed by atoms with Gasteiger partial charge in [-0.05, 0) is 43.4 Å². The first-order chi connectivity index (χ1) is 17.0. The number of carbonyl (C=O) groups is 2. The fourth-order valence-electron chi connectivity index (χ4n) is 4.19. The molecule has 3 heterocycles. The van der Waals surface area contributed by atoms with Crippen molar-refractivity contribution in [3.8, 4) is 5.75 Å². The van der Waals surface area contributed by atoms with Gasteiger partial charge >= 0.3 is 0 Å². The Balaban J connectivity index is 1.24. The molecule has 1 aliphatic heterocycles. The molecular weight excluding hydrogens is 468 g/mol. The van der Waals surface area contributed by atoms with E-state index in [-0.39, 0.29) is 29.8 Å². The van der Waals surface area contributed by atoms with Crippen LogP contribution in [-0.2, 0) is 22.7 Å². The van der Waals surface area contributed by atoms with Gasteiger partial charge in [-0.2, -0.15) is 4.98 Å². The van der Waals surface area contributed by atoms with Gasteiger partial charge in [0.25, 0.3) is 5.56 Å². The summed E-state index contributed by atoms with van der Waals surface area (Å²) in [5, 5.41) is 6.60. The van der Waals surface area contributed by atoms with E-state index in [1.807, 2.05) is 24.3 Å². The smallest absolute Gasteiger partial charge is 0.273 e. The molecule has 184 valence electrons. The molecule has 0 unspecified atom stereocenters. The number of rotatable bonds is 8. The molecule has 35 heavy (non-hydrogen) atoms. The second-order valence-corrected chi connectivity index (χ2v) is 10.0. The third-order valence-electron chi connectivity index (χ3n) is 6.30. The van der Waals surface area contributed by atoms with Gasteiger partial charge in [-0.15, -0.1) is 0 Å². The van der Waals surface area contributed by atoms with Crippen LogP contribution in [0.2, 0.25) is 0 Å². The van der Waals surface area contributed by atoms with E-state index in [0.29, 0.717) is 40.4 Å². The minimum absolute atomic E-state index is 0.0748. The summed E-state index contributed by atoms with van der Waals surface area (Å²) in [6.07, 6.45) is 5.25. The second-order valence-electron chi connectivity index (χ2n) is 9.02. The van der Waals surface area contributed by atoms with Gasteiger partial charge in [0.1, 0.15) is 23.3 Å². The fourth-order valence-corrected chi connectivity index (χ4v) is 5.19. The Morgan fingerprint density at radius 2 is 2.11 bits per heavy atom. The zero-order valence-corrected chi connectivity index (χ0v) is 20.3. The minimum atomic E-state index is -0.296. The topological polar surface area (TPSA) is 118 Å². The van der Waals surface area contributed by atoms with E-state index in [9.17, 15) is 14.4 Å². The van der Waals surface area contributed by atoms with Crippen LogP contribution in [0.5, 0.6) is 5.75 Å². The highest BCUT2D eigenvalue weighted by Crippen LogP contribution is 2.30. The van der Waals surface area contributed by atoms with Crippen molar-refractivity contribution in [2.24, 2.45) is 5.92 Å². The Morgan fingerprint density at radius 1 is 1.26 bits per heavy atom.